The third kappa shape index (κ3) is 5.32. The molecule has 0 aliphatic carbocycles. The molecule has 0 N–H and O–H groups in total. The fourth-order valence-corrected chi connectivity index (χ4v) is 5.38. The van der Waals surface area contributed by atoms with E-state index in [2.05, 4.69) is 18.9 Å². The number of esters is 1. The summed E-state index contributed by atoms with van der Waals surface area (Å²) in [6.45, 7) is 10.0. The monoisotopic (exact) mass is 532 g/mol. The van der Waals surface area contributed by atoms with Crippen molar-refractivity contribution in [2.45, 2.75) is 45.6 Å². The Kier molecular flexibility index (Phi) is 8.78. The van der Waals surface area contributed by atoms with Gasteiger partial charge in [0.05, 0.1) is 23.5 Å². The van der Waals surface area contributed by atoms with Crippen LogP contribution in [0.25, 0.3) is 16.9 Å². The van der Waals surface area contributed by atoms with Crippen LogP contribution in [0.5, 0.6) is 0 Å². The fourth-order valence-electron chi connectivity index (χ4n) is 3.68. The molecule has 1 aromatic heterocycles. The Labute approximate surface area is 215 Å². The van der Waals surface area contributed by atoms with Crippen LogP contribution in [-0.2, 0) is 19.0 Å². The number of benzene rings is 2. The van der Waals surface area contributed by atoms with Crippen LogP contribution in [0.3, 0.4) is 0 Å². The SMILES string of the molecule is COC(=O)c1nn(-c2ccc(Cl)cc2Cl)c(-c2ccc(C(C)(C)C(O[Si]C)O[Si]C)cc2)c1C. The number of rotatable bonds is 9. The van der Waals surface area contributed by atoms with E-state index in [1.165, 1.54) is 7.11 Å². The molecular formula is C24H26Cl2N2O4Si2. The molecule has 0 spiro atoms. The molecule has 0 amide bonds. The van der Waals surface area contributed by atoms with Crippen molar-refractivity contribution in [1.82, 2.24) is 9.78 Å². The van der Waals surface area contributed by atoms with E-state index in [1.807, 2.05) is 44.3 Å². The molecule has 1 heterocycles. The highest BCUT2D eigenvalue weighted by atomic mass is 35.5. The first-order chi connectivity index (χ1) is 16.1. The van der Waals surface area contributed by atoms with Gasteiger partial charge < -0.3 is 13.6 Å². The first-order valence-corrected chi connectivity index (χ1v) is 14.1. The highest BCUT2D eigenvalue weighted by Gasteiger charge is 2.33. The second-order valence-corrected chi connectivity index (χ2v) is 10.2. The number of nitrogens with zero attached hydrogens (tertiary/aromatic N) is 2. The van der Waals surface area contributed by atoms with Crippen LogP contribution in [0, 0.1) is 6.92 Å². The highest BCUT2D eigenvalue weighted by molar-refractivity contribution is 6.35. The van der Waals surface area contributed by atoms with Gasteiger partial charge in [-0.15, -0.1) is 0 Å². The van der Waals surface area contributed by atoms with Crippen LogP contribution in [0.2, 0.25) is 23.1 Å². The molecule has 178 valence electrons. The molecule has 3 rings (SSSR count). The summed E-state index contributed by atoms with van der Waals surface area (Å²) in [7, 11) is 1.98. The van der Waals surface area contributed by atoms with Crippen LogP contribution in [0.4, 0.5) is 0 Å². The van der Waals surface area contributed by atoms with Crippen molar-refractivity contribution in [1.29, 1.82) is 0 Å². The van der Waals surface area contributed by atoms with Gasteiger partial charge >= 0.3 is 5.97 Å². The average Bonchev–Trinajstić information content (AvgIpc) is 3.15. The van der Waals surface area contributed by atoms with Crippen molar-refractivity contribution in [3.8, 4) is 16.9 Å². The summed E-state index contributed by atoms with van der Waals surface area (Å²) < 4.78 is 18.4. The zero-order valence-electron chi connectivity index (χ0n) is 19.9. The van der Waals surface area contributed by atoms with Gasteiger partial charge in [-0.1, -0.05) is 61.3 Å². The molecule has 0 bridgehead atoms. The normalized spacial score (nSPS) is 11.8. The Morgan fingerprint density at radius 1 is 1.06 bits per heavy atom. The summed E-state index contributed by atoms with van der Waals surface area (Å²) in [4.78, 5) is 12.4. The van der Waals surface area contributed by atoms with E-state index in [0.717, 1.165) is 16.8 Å². The first-order valence-electron chi connectivity index (χ1n) is 10.5. The topological polar surface area (TPSA) is 62.6 Å². The lowest BCUT2D eigenvalue weighted by Crippen LogP contribution is -2.39. The number of methoxy groups -OCH3 is 1. The van der Waals surface area contributed by atoms with Crippen LogP contribution in [0.15, 0.2) is 42.5 Å². The molecule has 0 aliphatic heterocycles. The van der Waals surface area contributed by atoms with Gasteiger partial charge in [-0.05, 0) is 43.8 Å². The second-order valence-electron chi connectivity index (χ2n) is 8.10. The lowest BCUT2D eigenvalue weighted by Gasteiger charge is -2.34. The number of aromatic nitrogens is 2. The summed E-state index contributed by atoms with van der Waals surface area (Å²) in [6, 6.07) is 13.2. The molecule has 2 aromatic carbocycles. The van der Waals surface area contributed by atoms with Gasteiger partial charge in [-0.3, -0.25) is 0 Å². The zero-order chi connectivity index (χ0) is 25.0. The lowest BCUT2D eigenvalue weighted by molar-refractivity contribution is -0.0433. The maximum Gasteiger partial charge on any atom is 0.358 e. The predicted octanol–water partition coefficient (Wildman–Crippen LogP) is 5.91. The summed E-state index contributed by atoms with van der Waals surface area (Å²) in [5, 5.41) is 5.47. The summed E-state index contributed by atoms with van der Waals surface area (Å²) >= 11 is 12.6. The number of hydrogen-bond acceptors (Lipinski definition) is 5. The molecular weight excluding hydrogens is 507 g/mol. The maximum atomic E-state index is 12.4. The van der Waals surface area contributed by atoms with Crippen LogP contribution in [0.1, 0.15) is 35.5 Å². The van der Waals surface area contributed by atoms with Crippen molar-refractivity contribution in [3.63, 3.8) is 0 Å². The highest BCUT2D eigenvalue weighted by Crippen LogP contribution is 2.35. The minimum absolute atomic E-state index is 0.225. The third-order valence-corrected chi connectivity index (χ3v) is 7.02. The number of hydrogen-bond donors (Lipinski definition) is 0. The Bertz CT molecular complexity index is 1160. The molecule has 0 saturated carbocycles. The first kappa shape index (κ1) is 26.7. The van der Waals surface area contributed by atoms with Gasteiger partial charge in [0.2, 0.25) is 19.5 Å². The maximum absolute atomic E-state index is 12.4. The van der Waals surface area contributed by atoms with Gasteiger partial charge in [-0.25, -0.2) is 9.48 Å². The van der Waals surface area contributed by atoms with E-state index in [0.29, 0.717) is 40.8 Å². The van der Waals surface area contributed by atoms with Crippen molar-refractivity contribution >= 4 is 48.7 Å². The zero-order valence-corrected chi connectivity index (χ0v) is 23.4. The van der Waals surface area contributed by atoms with Crippen LogP contribution < -0.4 is 0 Å². The molecule has 6 nitrogen and oxygen atoms in total. The largest absolute Gasteiger partial charge is 0.464 e. The van der Waals surface area contributed by atoms with Crippen LogP contribution >= 0.6 is 23.2 Å². The Morgan fingerprint density at radius 2 is 1.68 bits per heavy atom. The quantitative estimate of drug-likeness (QED) is 0.194. The summed E-state index contributed by atoms with van der Waals surface area (Å²) in [6.07, 6.45) is -0.351. The van der Waals surface area contributed by atoms with Crippen molar-refractivity contribution in [3.05, 3.63) is 69.3 Å². The average molecular weight is 534 g/mol. The molecule has 0 saturated heterocycles. The summed E-state index contributed by atoms with van der Waals surface area (Å²) in [5.41, 5.74) is 3.84. The Balaban J connectivity index is 2.12. The molecule has 0 atom stereocenters. The van der Waals surface area contributed by atoms with Gasteiger partial charge in [0.25, 0.3) is 0 Å². The van der Waals surface area contributed by atoms with Crippen molar-refractivity contribution in [2.24, 2.45) is 0 Å². The van der Waals surface area contributed by atoms with E-state index in [1.54, 1.807) is 22.9 Å². The molecule has 4 radical (unpaired) electrons. The van der Waals surface area contributed by atoms with Gasteiger partial charge in [0, 0.05) is 21.6 Å². The minimum Gasteiger partial charge on any atom is -0.464 e. The van der Waals surface area contributed by atoms with Gasteiger partial charge in [0.1, 0.15) is 6.29 Å². The molecule has 3 aromatic rings. The second kappa shape index (κ2) is 11.2. The molecule has 10 heteroatoms. The molecule has 0 fully saturated rings. The molecule has 0 aliphatic rings. The van der Waals surface area contributed by atoms with Crippen molar-refractivity contribution in [2.75, 3.05) is 7.11 Å². The number of ether oxygens (including phenoxy) is 1. The fraction of sp³-hybridized carbons (Fsp3) is 0.333. The summed E-state index contributed by atoms with van der Waals surface area (Å²) in [5.74, 6) is -0.515. The van der Waals surface area contributed by atoms with E-state index < -0.39 is 5.97 Å². The molecule has 0 unspecified atom stereocenters. The van der Waals surface area contributed by atoms with E-state index in [4.69, 9.17) is 36.8 Å². The molecule has 34 heavy (non-hydrogen) atoms. The standard InChI is InChI=1S/C24H26Cl2N2O4Si2/c1-14-20(22(29)30-4)27-28(19-12-11-17(25)13-18(19)26)21(14)15-7-9-16(10-8-15)24(2,3)23(31-33-5)32-34-6/h7-13,23H,1-6H3. The number of halogens is 2. The van der Waals surface area contributed by atoms with Crippen LogP contribution in [-0.4, -0.2) is 48.7 Å². The Morgan fingerprint density at radius 3 is 2.21 bits per heavy atom. The number of carbonyl (C=O) groups is 1. The van der Waals surface area contributed by atoms with Gasteiger partial charge in [-0.2, -0.15) is 5.10 Å². The predicted molar refractivity (Wildman–Crippen MR) is 137 cm³/mol. The van der Waals surface area contributed by atoms with Crippen molar-refractivity contribution < 1.29 is 18.4 Å². The smallest absolute Gasteiger partial charge is 0.358 e. The minimum atomic E-state index is -0.515. The van der Waals surface area contributed by atoms with Gasteiger partial charge in [0.15, 0.2) is 5.69 Å². The van der Waals surface area contributed by atoms with E-state index in [-0.39, 0.29) is 17.4 Å². The Hall–Kier alpha value is -1.95. The lowest BCUT2D eigenvalue weighted by atomic mass is 9.83. The third-order valence-electron chi connectivity index (χ3n) is 5.58. The van der Waals surface area contributed by atoms with E-state index >= 15 is 0 Å². The van der Waals surface area contributed by atoms with E-state index in [9.17, 15) is 4.79 Å². The number of carbonyl (C=O) groups excluding carboxylic acids is 1.